The van der Waals surface area contributed by atoms with E-state index in [1.165, 1.54) is 12.1 Å². The summed E-state index contributed by atoms with van der Waals surface area (Å²) in [6.45, 7) is 0. The topological polar surface area (TPSA) is 80.3 Å². The predicted molar refractivity (Wildman–Crippen MR) is 102 cm³/mol. The molecule has 0 atom stereocenters. The molecule has 0 bridgehead atoms. The highest BCUT2D eigenvalue weighted by atomic mass is 35.5. The minimum Gasteiger partial charge on any atom is -0.224 e. The van der Waals surface area contributed by atoms with Crippen molar-refractivity contribution in [3.63, 3.8) is 0 Å². The summed E-state index contributed by atoms with van der Waals surface area (Å²) in [5.74, 6) is 0. The molecule has 3 rings (SSSR count). The predicted octanol–water partition coefficient (Wildman–Crippen LogP) is 3.75. The molecule has 0 unspecified atom stereocenters. The van der Waals surface area contributed by atoms with E-state index in [1.807, 2.05) is 0 Å². The van der Waals surface area contributed by atoms with E-state index in [2.05, 4.69) is 4.72 Å². The van der Waals surface area contributed by atoms with Crippen LogP contribution in [-0.2, 0) is 25.4 Å². The maximum atomic E-state index is 13.0. The summed E-state index contributed by atoms with van der Waals surface area (Å²) in [6, 6.07) is 10.7. The maximum Gasteiger partial charge on any atom is 0.242 e. The quantitative estimate of drug-likeness (QED) is 0.777. The molecular weight excluding hydrogens is 417 g/mol. The van der Waals surface area contributed by atoms with Crippen LogP contribution in [0.15, 0.2) is 52.3 Å². The Hall–Kier alpha value is -1.12. The average molecular weight is 434 g/mol. The van der Waals surface area contributed by atoms with Crippen molar-refractivity contribution in [3.8, 4) is 0 Å². The van der Waals surface area contributed by atoms with Crippen LogP contribution in [0.2, 0.25) is 10.0 Å². The lowest BCUT2D eigenvalue weighted by molar-refractivity contribution is 0.224. The highest BCUT2D eigenvalue weighted by Crippen LogP contribution is 2.43. The van der Waals surface area contributed by atoms with E-state index in [-0.39, 0.29) is 14.8 Å². The van der Waals surface area contributed by atoms with E-state index in [0.29, 0.717) is 17.9 Å². The largest absolute Gasteiger partial charge is 0.242 e. The fourth-order valence-electron chi connectivity index (χ4n) is 2.98. The molecule has 1 N–H and O–H groups in total. The van der Waals surface area contributed by atoms with Crippen molar-refractivity contribution in [1.82, 2.24) is 4.72 Å². The Morgan fingerprint density at radius 2 is 1.58 bits per heavy atom. The summed E-state index contributed by atoms with van der Waals surface area (Å²) in [4.78, 5) is -0.348. The Kier molecular flexibility index (Phi) is 5.13. The van der Waals surface area contributed by atoms with Crippen LogP contribution in [0.1, 0.15) is 24.8 Å². The van der Waals surface area contributed by atoms with Gasteiger partial charge in [-0.3, -0.25) is 0 Å². The maximum absolute atomic E-state index is 13.0. The molecule has 26 heavy (non-hydrogen) atoms. The third-order valence-corrected chi connectivity index (χ3v) is 7.93. The van der Waals surface area contributed by atoms with E-state index < -0.39 is 25.4 Å². The second-order valence-corrected chi connectivity index (χ2v) is 10.9. The normalized spacial score (nSPS) is 16.9. The van der Waals surface area contributed by atoms with Crippen molar-refractivity contribution < 1.29 is 16.8 Å². The first kappa shape index (κ1) is 19.6. The van der Waals surface area contributed by atoms with Gasteiger partial charge < -0.3 is 0 Å². The summed E-state index contributed by atoms with van der Waals surface area (Å²) in [5, 5.41) is 0.533. The van der Waals surface area contributed by atoms with Gasteiger partial charge in [0.2, 0.25) is 10.0 Å². The molecule has 140 valence electrons. The van der Waals surface area contributed by atoms with Crippen LogP contribution < -0.4 is 4.72 Å². The van der Waals surface area contributed by atoms with Gasteiger partial charge in [0, 0.05) is 11.3 Å². The molecule has 1 fully saturated rings. The molecule has 0 amide bonds. The van der Waals surface area contributed by atoms with Crippen molar-refractivity contribution in [2.45, 2.75) is 34.6 Å². The van der Waals surface area contributed by atoms with Crippen molar-refractivity contribution >= 4 is 43.1 Å². The van der Waals surface area contributed by atoms with E-state index in [9.17, 15) is 16.8 Å². The molecule has 0 spiro atoms. The summed E-state index contributed by atoms with van der Waals surface area (Å²) in [6.07, 6.45) is 3.16. The van der Waals surface area contributed by atoms with Gasteiger partial charge in [-0.2, -0.15) is 0 Å². The molecule has 0 saturated heterocycles. The number of rotatable bonds is 5. The summed E-state index contributed by atoms with van der Waals surface area (Å²) >= 11 is 12.0. The highest BCUT2D eigenvalue weighted by molar-refractivity contribution is 7.91. The van der Waals surface area contributed by atoms with Crippen LogP contribution >= 0.6 is 23.2 Å². The molecule has 1 aliphatic rings. The van der Waals surface area contributed by atoms with Gasteiger partial charge in [0.25, 0.3) is 0 Å². The Bertz CT molecular complexity index is 1040. The van der Waals surface area contributed by atoms with E-state index >= 15 is 0 Å². The van der Waals surface area contributed by atoms with Gasteiger partial charge in [-0.15, -0.1) is 0 Å². The second-order valence-electron chi connectivity index (χ2n) is 6.41. The number of sulfone groups is 1. The average Bonchev–Trinajstić information content (AvgIpc) is 2.51. The van der Waals surface area contributed by atoms with Gasteiger partial charge in [0.15, 0.2) is 9.84 Å². The molecule has 0 radical (unpaired) electrons. The lowest BCUT2D eigenvalue weighted by Crippen LogP contribution is -2.50. The lowest BCUT2D eigenvalue weighted by atomic mass is 9.73. The zero-order chi connectivity index (χ0) is 19.2. The first-order chi connectivity index (χ1) is 12.0. The monoisotopic (exact) mass is 433 g/mol. The third kappa shape index (κ3) is 3.77. The SMILES string of the molecule is CS(=O)(=O)c1ccc(Cl)c(S(=O)(=O)NC2(c3ccc(Cl)cc3)CCC2)c1. The lowest BCUT2D eigenvalue weighted by Gasteiger charge is -2.42. The minimum atomic E-state index is -4.03. The van der Waals surface area contributed by atoms with Gasteiger partial charge in [0.05, 0.1) is 15.5 Å². The van der Waals surface area contributed by atoms with E-state index in [4.69, 9.17) is 23.2 Å². The first-order valence-electron chi connectivity index (χ1n) is 7.83. The van der Waals surface area contributed by atoms with Gasteiger partial charge in [0.1, 0.15) is 4.90 Å². The number of hydrogen-bond acceptors (Lipinski definition) is 4. The second kappa shape index (κ2) is 6.80. The van der Waals surface area contributed by atoms with Crippen LogP contribution in [0.5, 0.6) is 0 Å². The number of hydrogen-bond donors (Lipinski definition) is 1. The molecule has 2 aromatic rings. The number of sulfonamides is 1. The van der Waals surface area contributed by atoms with E-state index in [1.54, 1.807) is 24.3 Å². The number of benzene rings is 2. The Morgan fingerprint density at radius 3 is 2.08 bits per heavy atom. The van der Waals surface area contributed by atoms with E-state index in [0.717, 1.165) is 24.3 Å². The van der Waals surface area contributed by atoms with Crippen LogP contribution in [0.4, 0.5) is 0 Å². The Balaban J connectivity index is 2.02. The fraction of sp³-hybridized carbons (Fsp3) is 0.294. The molecule has 1 aliphatic carbocycles. The third-order valence-electron chi connectivity index (χ3n) is 4.55. The van der Waals surface area contributed by atoms with Crippen molar-refractivity contribution in [2.24, 2.45) is 0 Å². The molecule has 0 aliphatic heterocycles. The van der Waals surface area contributed by atoms with Gasteiger partial charge in [-0.25, -0.2) is 21.6 Å². The first-order valence-corrected chi connectivity index (χ1v) is 12.0. The molecular formula is C17H17Cl2NO4S2. The standard InChI is InChI=1S/C17H17Cl2NO4S2/c1-25(21,22)14-7-8-15(19)16(11-14)26(23,24)20-17(9-2-10-17)12-3-5-13(18)6-4-12/h3-8,11,20H,2,9-10H2,1H3. The van der Waals surface area contributed by atoms with Crippen LogP contribution in [0, 0.1) is 0 Å². The van der Waals surface area contributed by atoms with Gasteiger partial charge in [-0.05, 0) is 55.2 Å². The Morgan fingerprint density at radius 1 is 0.962 bits per heavy atom. The summed E-state index contributed by atoms with van der Waals surface area (Å²) < 4.78 is 52.2. The zero-order valence-corrected chi connectivity index (χ0v) is 17.0. The van der Waals surface area contributed by atoms with Crippen molar-refractivity contribution in [2.75, 3.05) is 6.26 Å². The highest BCUT2D eigenvalue weighted by Gasteiger charge is 2.42. The molecule has 2 aromatic carbocycles. The summed E-state index contributed by atoms with van der Waals surface area (Å²) in [7, 11) is -7.59. The molecule has 0 aromatic heterocycles. The number of nitrogens with one attached hydrogen (secondary N) is 1. The molecule has 9 heteroatoms. The van der Waals surface area contributed by atoms with Crippen LogP contribution in [-0.4, -0.2) is 23.1 Å². The van der Waals surface area contributed by atoms with Crippen molar-refractivity contribution in [3.05, 3.63) is 58.1 Å². The smallest absolute Gasteiger partial charge is 0.224 e. The molecule has 5 nitrogen and oxygen atoms in total. The van der Waals surface area contributed by atoms with Gasteiger partial charge >= 0.3 is 0 Å². The van der Waals surface area contributed by atoms with Crippen molar-refractivity contribution in [1.29, 1.82) is 0 Å². The Labute approximate surface area is 163 Å². The van der Waals surface area contributed by atoms with Gasteiger partial charge in [-0.1, -0.05) is 35.3 Å². The zero-order valence-electron chi connectivity index (χ0n) is 13.9. The van der Waals surface area contributed by atoms with Crippen LogP contribution in [0.25, 0.3) is 0 Å². The van der Waals surface area contributed by atoms with Crippen LogP contribution in [0.3, 0.4) is 0 Å². The number of halogens is 2. The minimum absolute atomic E-state index is 0.0320. The molecule has 0 heterocycles. The fourth-order valence-corrected chi connectivity index (χ4v) is 5.80. The summed E-state index contributed by atoms with van der Waals surface area (Å²) in [5.41, 5.74) is 0.0699. The molecule has 1 saturated carbocycles.